The van der Waals surface area contributed by atoms with Crippen molar-refractivity contribution >= 4 is 5.97 Å². The molecule has 0 saturated carbocycles. The van der Waals surface area contributed by atoms with E-state index < -0.39 is 12.1 Å². The smallest absolute Gasteiger partial charge is 0.342 e. The minimum Gasteiger partial charge on any atom is -0.464 e. The number of carbonyl (C=O) groups excluding carboxylic acids is 1. The molecule has 0 bridgehead atoms. The fourth-order valence-electron chi connectivity index (χ4n) is 1.30. The molecule has 0 aliphatic carbocycles. The van der Waals surface area contributed by atoms with Crippen molar-refractivity contribution in [3.63, 3.8) is 0 Å². The number of hydrogen-bond acceptors (Lipinski definition) is 4. The highest BCUT2D eigenvalue weighted by molar-refractivity contribution is 5.75. The Labute approximate surface area is 88.7 Å². The average Bonchev–Trinajstić information content (AvgIpc) is 2.65. The molecule has 0 aliphatic heterocycles. The Balaban J connectivity index is 2.85. The minimum atomic E-state index is -1.30. The number of ether oxygens (including phenoxy) is 1. The fourth-order valence-corrected chi connectivity index (χ4v) is 1.30. The second kappa shape index (κ2) is 4.93. The molecule has 5 nitrogen and oxygen atoms in total. The van der Waals surface area contributed by atoms with E-state index in [-0.39, 0.29) is 12.6 Å². The van der Waals surface area contributed by atoms with E-state index in [1.54, 1.807) is 23.9 Å². The third kappa shape index (κ3) is 2.56. The Morgan fingerprint density at radius 2 is 2.33 bits per heavy atom. The number of esters is 1. The molecule has 0 aromatic carbocycles. The van der Waals surface area contributed by atoms with E-state index >= 15 is 0 Å². The van der Waals surface area contributed by atoms with Gasteiger partial charge in [0.15, 0.2) is 0 Å². The van der Waals surface area contributed by atoms with Crippen molar-refractivity contribution in [1.82, 2.24) is 9.55 Å². The Morgan fingerprint density at radius 1 is 1.67 bits per heavy atom. The van der Waals surface area contributed by atoms with Crippen LogP contribution in [0.3, 0.4) is 0 Å². The largest absolute Gasteiger partial charge is 0.464 e. The van der Waals surface area contributed by atoms with Gasteiger partial charge in [-0.15, -0.1) is 0 Å². The first kappa shape index (κ1) is 11.7. The zero-order valence-corrected chi connectivity index (χ0v) is 9.17. The molecule has 1 atom stereocenters. The number of carbonyl (C=O) groups is 1. The summed E-state index contributed by atoms with van der Waals surface area (Å²) < 4.78 is 6.46. The lowest BCUT2D eigenvalue weighted by atomic mass is 10.3. The van der Waals surface area contributed by atoms with Gasteiger partial charge in [-0.2, -0.15) is 0 Å². The Kier molecular flexibility index (Phi) is 3.85. The Morgan fingerprint density at radius 3 is 2.87 bits per heavy atom. The zero-order valence-electron chi connectivity index (χ0n) is 9.17. The van der Waals surface area contributed by atoms with E-state index in [0.717, 1.165) is 0 Å². The molecule has 0 radical (unpaired) electrons. The van der Waals surface area contributed by atoms with Crippen molar-refractivity contribution in [3.05, 3.63) is 18.2 Å². The zero-order chi connectivity index (χ0) is 11.4. The van der Waals surface area contributed by atoms with Gasteiger partial charge in [0, 0.05) is 18.4 Å². The molecule has 1 rings (SSSR count). The number of nitrogens with zero attached hydrogens (tertiary/aromatic N) is 2. The van der Waals surface area contributed by atoms with Gasteiger partial charge in [0.25, 0.3) is 0 Å². The number of hydrogen-bond donors (Lipinski definition) is 1. The molecule has 0 saturated heterocycles. The molecule has 0 aliphatic rings. The molecule has 84 valence electrons. The maximum Gasteiger partial charge on any atom is 0.342 e. The van der Waals surface area contributed by atoms with Crippen molar-refractivity contribution in [2.24, 2.45) is 0 Å². The predicted molar refractivity (Wildman–Crippen MR) is 54.2 cm³/mol. The summed E-state index contributed by atoms with van der Waals surface area (Å²) in [6, 6.07) is 0.145. The van der Waals surface area contributed by atoms with Gasteiger partial charge < -0.3 is 14.4 Å². The van der Waals surface area contributed by atoms with Gasteiger partial charge in [-0.1, -0.05) is 0 Å². The van der Waals surface area contributed by atoms with Gasteiger partial charge in [0.2, 0.25) is 6.10 Å². The summed E-state index contributed by atoms with van der Waals surface area (Å²) in [6.07, 6.45) is 1.97. The summed E-state index contributed by atoms with van der Waals surface area (Å²) in [5.74, 6) is -0.339. The molecule has 5 heteroatoms. The highest BCUT2D eigenvalue weighted by atomic mass is 16.5. The topological polar surface area (TPSA) is 64.3 Å². The van der Waals surface area contributed by atoms with Crippen LogP contribution in [0, 0.1) is 0 Å². The number of aromatic nitrogens is 2. The van der Waals surface area contributed by atoms with Crippen LogP contribution in [-0.4, -0.2) is 27.2 Å². The molecular formula is C10H16N2O3. The second-order valence-electron chi connectivity index (χ2n) is 3.44. The van der Waals surface area contributed by atoms with Crippen molar-refractivity contribution in [2.75, 3.05) is 6.61 Å². The third-order valence-corrected chi connectivity index (χ3v) is 2.01. The number of rotatable bonds is 4. The van der Waals surface area contributed by atoms with Crippen LogP contribution in [0.1, 0.15) is 38.7 Å². The van der Waals surface area contributed by atoms with Crippen LogP contribution >= 0.6 is 0 Å². The first-order chi connectivity index (χ1) is 7.07. The van der Waals surface area contributed by atoms with Crippen LogP contribution in [0.4, 0.5) is 0 Å². The monoisotopic (exact) mass is 212 g/mol. The molecule has 1 unspecified atom stereocenters. The van der Waals surface area contributed by atoms with Gasteiger partial charge in [-0.05, 0) is 20.8 Å². The summed E-state index contributed by atoms with van der Waals surface area (Å²) >= 11 is 0. The van der Waals surface area contributed by atoms with Crippen LogP contribution in [0.2, 0.25) is 0 Å². The highest BCUT2D eigenvalue weighted by Gasteiger charge is 2.24. The van der Waals surface area contributed by atoms with E-state index in [1.807, 2.05) is 13.8 Å². The highest BCUT2D eigenvalue weighted by Crippen LogP contribution is 2.16. The molecule has 1 aromatic heterocycles. The molecule has 0 fully saturated rings. The number of imidazole rings is 1. The Bertz CT molecular complexity index is 333. The van der Waals surface area contributed by atoms with E-state index in [2.05, 4.69) is 4.98 Å². The van der Waals surface area contributed by atoms with Crippen LogP contribution < -0.4 is 0 Å². The number of aliphatic hydroxyl groups is 1. The normalized spacial score (nSPS) is 12.9. The van der Waals surface area contributed by atoms with Gasteiger partial charge in [0.05, 0.1) is 6.61 Å². The lowest BCUT2D eigenvalue weighted by Crippen LogP contribution is -2.20. The summed E-state index contributed by atoms with van der Waals surface area (Å²) in [5, 5.41) is 9.68. The fraction of sp³-hybridized carbons (Fsp3) is 0.600. The summed E-state index contributed by atoms with van der Waals surface area (Å²) in [4.78, 5) is 15.2. The molecule has 0 spiro atoms. The van der Waals surface area contributed by atoms with E-state index in [1.165, 1.54) is 0 Å². The third-order valence-electron chi connectivity index (χ3n) is 2.01. The van der Waals surface area contributed by atoms with Gasteiger partial charge in [-0.3, -0.25) is 0 Å². The molecule has 1 heterocycles. The molecule has 15 heavy (non-hydrogen) atoms. The SMILES string of the molecule is CCOC(=O)C(O)c1nccn1C(C)C. The first-order valence-electron chi connectivity index (χ1n) is 4.95. The van der Waals surface area contributed by atoms with Crippen LogP contribution in [0.25, 0.3) is 0 Å². The first-order valence-corrected chi connectivity index (χ1v) is 4.95. The number of aliphatic hydroxyl groups excluding tert-OH is 1. The van der Waals surface area contributed by atoms with Crippen LogP contribution in [0.5, 0.6) is 0 Å². The standard InChI is InChI=1S/C10H16N2O3/c1-4-15-10(14)8(13)9-11-5-6-12(9)7(2)3/h5-8,13H,4H2,1-3H3. The van der Waals surface area contributed by atoms with E-state index in [0.29, 0.717) is 5.82 Å². The average molecular weight is 212 g/mol. The van der Waals surface area contributed by atoms with Gasteiger partial charge in [-0.25, -0.2) is 9.78 Å². The Hall–Kier alpha value is -1.36. The van der Waals surface area contributed by atoms with Crippen molar-refractivity contribution < 1.29 is 14.6 Å². The van der Waals surface area contributed by atoms with Crippen molar-refractivity contribution in [1.29, 1.82) is 0 Å². The minimum absolute atomic E-state index is 0.145. The maximum absolute atomic E-state index is 11.3. The molecule has 0 amide bonds. The summed E-state index contributed by atoms with van der Waals surface area (Å²) in [6.45, 7) is 5.84. The van der Waals surface area contributed by atoms with Crippen molar-refractivity contribution in [2.45, 2.75) is 32.9 Å². The predicted octanol–water partition coefficient (Wildman–Crippen LogP) is 1.06. The molecular weight excluding hydrogens is 196 g/mol. The lowest BCUT2D eigenvalue weighted by Gasteiger charge is -2.14. The molecule has 1 N–H and O–H groups in total. The summed E-state index contributed by atoms with van der Waals surface area (Å²) in [5.41, 5.74) is 0. The van der Waals surface area contributed by atoms with Gasteiger partial charge in [0.1, 0.15) is 5.82 Å². The molecule has 1 aromatic rings. The van der Waals surface area contributed by atoms with Gasteiger partial charge >= 0.3 is 5.97 Å². The van der Waals surface area contributed by atoms with E-state index in [4.69, 9.17) is 4.74 Å². The second-order valence-corrected chi connectivity index (χ2v) is 3.44. The van der Waals surface area contributed by atoms with E-state index in [9.17, 15) is 9.90 Å². The summed E-state index contributed by atoms with van der Waals surface area (Å²) in [7, 11) is 0. The van der Waals surface area contributed by atoms with Crippen molar-refractivity contribution in [3.8, 4) is 0 Å². The van der Waals surface area contributed by atoms with Crippen LogP contribution in [0.15, 0.2) is 12.4 Å². The quantitative estimate of drug-likeness (QED) is 0.758. The maximum atomic E-state index is 11.3. The lowest BCUT2D eigenvalue weighted by molar-refractivity contribution is -0.153. The van der Waals surface area contributed by atoms with Crippen LogP contribution in [-0.2, 0) is 9.53 Å².